The first-order valence-electron chi connectivity index (χ1n) is 10.4. The van der Waals surface area contributed by atoms with Crippen LogP contribution in [0, 0.1) is 5.82 Å². The third kappa shape index (κ3) is 4.41. The van der Waals surface area contributed by atoms with E-state index in [1.54, 1.807) is 43.6 Å². The normalized spacial score (nSPS) is 18.7. The lowest BCUT2D eigenvalue weighted by atomic mass is 9.90. The van der Waals surface area contributed by atoms with Gasteiger partial charge in [-0.25, -0.2) is 9.37 Å². The molecule has 0 bridgehead atoms. The number of nitrogens with zero attached hydrogens (tertiary/aromatic N) is 4. The number of amides is 1. The number of carbonyl (C=O) groups is 1. The van der Waals surface area contributed by atoms with Crippen molar-refractivity contribution in [3.63, 3.8) is 0 Å². The molecular weight excluding hydrogens is 403 g/mol. The molecule has 0 atom stereocenters. The monoisotopic (exact) mass is 430 g/mol. The SMILES string of the molecule is COc1ccnc(CN2CC3(CCN(c4ncccc4F)CC3)OCCC2=O)c1OC. The Labute approximate surface area is 180 Å². The van der Waals surface area contributed by atoms with Gasteiger partial charge in [0.25, 0.3) is 0 Å². The predicted molar refractivity (Wildman–Crippen MR) is 112 cm³/mol. The van der Waals surface area contributed by atoms with Crippen molar-refractivity contribution in [3.05, 3.63) is 42.1 Å². The van der Waals surface area contributed by atoms with Gasteiger partial charge < -0.3 is 24.0 Å². The molecule has 0 unspecified atom stereocenters. The molecule has 0 radical (unpaired) electrons. The fraction of sp³-hybridized carbons (Fsp3) is 0.500. The van der Waals surface area contributed by atoms with Gasteiger partial charge in [0.2, 0.25) is 5.91 Å². The fourth-order valence-corrected chi connectivity index (χ4v) is 4.32. The Bertz CT molecular complexity index is 933. The molecule has 2 saturated heterocycles. The van der Waals surface area contributed by atoms with E-state index in [1.165, 1.54) is 6.07 Å². The van der Waals surface area contributed by atoms with Gasteiger partial charge in [0, 0.05) is 31.5 Å². The Balaban J connectivity index is 1.50. The van der Waals surface area contributed by atoms with Crippen molar-refractivity contribution < 1.29 is 23.4 Å². The third-order valence-electron chi connectivity index (χ3n) is 5.98. The summed E-state index contributed by atoms with van der Waals surface area (Å²) in [7, 11) is 3.13. The lowest BCUT2D eigenvalue weighted by Crippen LogP contribution is -2.52. The van der Waals surface area contributed by atoms with Crippen LogP contribution in [0.4, 0.5) is 10.2 Å². The summed E-state index contributed by atoms with van der Waals surface area (Å²) >= 11 is 0. The quantitative estimate of drug-likeness (QED) is 0.721. The largest absolute Gasteiger partial charge is 0.493 e. The minimum Gasteiger partial charge on any atom is -0.493 e. The highest BCUT2D eigenvalue weighted by molar-refractivity contribution is 5.76. The van der Waals surface area contributed by atoms with Crippen LogP contribution in [0.3, 0.4) is 0 Å². The van der Waals surface area contributed by atoms with Gasteiger partial charge >= 0.3 is 0 Å². The van der Waals surface area contributed by atoms with Crippen LogP contribution in [-0.2, 0) is 16.1 Å². The van der Waals surface area contributed by atoms with Crippen molar-refractivity contribution >= 4 is 11.7 Å². The van der Waals surface area contributed by atoms with Gasteiger partial charge in [-0.15, -0.1) is 0 Å². The lowest BCUT2D eigenvalue weighted by Gasteiger charge is -2.43. The second-order valence-corrected chi connectivity index (χ2v) is 7.82. The standard InChI is InChI=1S/C22H27FN4O4/c1-29-18-5-10-24-17(20(18)30-2)14-27-15-22(31-13-6-19(27)28)7-11-26(12-8-22)21-16(23)4-3-9-25-21/h3-5,9-10H,6-8,11-15H2,1-2H3. The highest BCUT2D eigenvalue weighted by Gasteiger charge is 2.41. The van der Waals surface area contributed by atoms with Crippen molar-refractivity contribution in [2.45, 2.75) is 31.4 Å². The minimum absolute atomic E-state index is 0.0155. The topological polar surface area (TPSA) is 77.0 Å². The van der Waals surface area contributed by atoms with Crippen LogP contribution >= 0.6 is 0 Å². The number of aromatic nitrogens is 2. The molecule has 166 valence electrons. The summed E-state index contributed by atoms with van der Waals surface area (Å²) in [5, 5.41) is 0. The summed E-state index contributed by atoms with van der Waals surface area (Å²) in [6.45, 7) is 2.35. The van der Waals surface area contributed by atoms with Gasteiger partial charge in [-0.1, -0.05) is 0 Å². The molecule has 31 heavy (non-hydrogen) atoms. The number of hydrogen-bond donors (Lipinski definition) is 0. The van der Waals surface area contributed by atoms with Crippen molar-refractivity contribution in [2.24, 2.45) is 0 Å². The zero-order valence-electron chi connectivity index (χ0n) is 17.8. The lowest BCUT2D eigenvalue weighted by molar-refractivity contribution is -0.132. The molecule has 1 amide bonds. The third-order valence-corrected chi connectivity index (χ3v) is 5.98. The zero-order valence-corrected chi connectivity index (χ0v) is 17.8. The molecular formula is C22H27FN4O4. The Kier molecular flexibility index (Phi) is 6.22. The molecule has 4 heterocycles. The van der Waals surface area contributed by atoms with Crippen LogP contribution < -0.4 is 14.4 Å². The first-order chi connectivity index (χ1) is 15.0. The maximum absolute atomic E-state index is 14.1. The molecule has 0 saturated carbocycles. The molecule has 0 aromatic carbocycles. The van der Waals surface area contributed by atoms with Gasteiger partial charge in [0.15, 0.2) is 23.1 Å². The van der Waals surface area contributed by atoms with E-state index < -0.39 is 5.60 Å². The van der Waals surface area contributed by atoms with Gasteiger partial charge in [-0.05, 0) is 25.0 Å². The van der Waals surface area contributed by atoms with Gasteiger partial charge in [-0.3, -0.25) is 9.78 Å². The molecule has 8 nitrogen and oxygen atoms in total. The molecule has 2 aromatic rings. The van der Waals surface area contributed by atoms with E-state index in [1.807, 2.05) is 4.90 Å². The summed E-state index contributed by atoms with van der Waals surface area (Å²) in [6.07, 6.45) is 4.91. The van der Waals surface area contributed by atoms with E-state index in [4.69, 9.17) is 14.2 Å². The average Bonchev–Trinajstić information content (AvgIpc) is 2.93. The van der Waals surface area contributed by atoms with Crippen LogP contribution in [0.15, 0.2) is 30.6 Å². The smallest absolute Gasteiger partial charge is 0.225 e. The summed E-state index contributed by atoms with van der Waals surface area (Å²) in [5.41, 5.74) is 0.167. The van der Waals surface area contributed by atoms with E-state index in [0.29, 0.717) is 75.1 Å². The molecule has 4 rings (SSSR count). The number of rotatable bonds is 5. The Hall–Kier alpha value is -2.94. The molecule has 0 N–H and O–H groups in total. The van der Waals surface area contributed by atoms with Crippen molar-refractivity contribution in [1.82, 2.24) is 14.9 Å². The summed E-state index contributed by atoms with van der Waals surface area (Å²) in [4.78, 5) is 25.1. The van der Waals surface area contributed by atoms with Crippen LogP contribution in [0.2, 0.25) is 0 Å². The summed E-state index contributed by atoms with van der Waals surface area (Å²) in [5.74, 6) is 1.16. The zero-order chi connectivity index (χ0) is 21.8. The average molecular weight is 430 g/mol. The van der Waals surface area contributed by atoms with E-state index in [2.05, 4.69) is 9.97 Å². The molecule has 0 aliphatic carbocycles. The summed E-state index contributed by atoms with van der Waals surface area (Å²) < 4.78 is 31.2. The summed E-state index contributed by atoms with van der Waals surface area (Å²) in [6, 6.07) is 4.73. The van der Waals surface area contributed by atoms with Gasteiger partial charge in [0.1, 0.15) is 5.69 Å². The number of anilines is 1. The minimum atomic E-state index is -0.472. The van der Waals surface area contributed by atoms with Crippen LogP contribution in [0.1, 0.15) is 25.0 Å². The number of methoxy groups -OCH3 is 2. The number of hydrogen-bond acceptors (Lipinski definition) is 7. The Morgan fingerprint density at radius 2 is 1.97 bits per heavy atom. The number of pyridine rings is 2. The highest BCUT2D eigenvalue weighted by Crippen LogP contribution is 2.34. The van der Waals surface area contributed by atoms with Gasteiger partial charge in [0.05, 0.1) is 45.9 Å². The molecule has 9 heteroatoms. The van der Waals surface area contributed by atoms with Crippen molar-refractivity contribution in [1.29, 1.82) is 0 Å². The predicted octanol–water partition coefficient (Wildman–Crippen LogP) is 2.42. The van der Waals surface area contributed by atoms with E-state index >= 15 is 0 Å². The maximum Gasteiger partial charge on any atom is 0.225 e. The molecule has 1 spiro atoms. The first-order valence-corrected chi connectivity index (χ1v) is 10.4. The van der Waals surface area contributed by atoms with E-state index in [0.717, 1.165) is 0 Å². The van der Waals surface area contributed by atoms with Crippen LogP contribution in [-0.4, -0.2) is 66.8 Å². The molecule has 2 aliphatic rings. The fourth-order valence-electron chi connectivity index (χ4n) is 4.32. The number of halogens is 1. The molecule has 2 fully saturated rings. The van der Waals surface area contributed by atoms with E-state index in [9.17, 15) is 9.18 Å². The molecule has 2 aliphatic heterocycles. The first kappa shape index (κ1) is 21.3. The van der Waals surface area contributed by atoms with Crippen molar-refractivity contribution in [2.75, 3.05) is 45.4 Å². The maximum atomic E-state index is 14.1. The number of piperidine rings is 1. The van der Waals surface area contributed by atoms with E-state index in [-0.39, 0.29) is 11.7 Å². The van der Waals surface area contributed by atoms with Crippen LogP contribution in [0.25, 0.3) is 0 Å². The van der Waals surface area contributed by atoms with Crippen molar-refractivity contribution in [3.8, 4) is 11.5 Å². The second kappa shape index (κ2) is 9.05. The number of ether oxygens (including phenoxy) is 3. The van der Waals surface area contributed by atoms with Crippen LogP contribution in [0.5, 0.6) is 11.5 Å². The van der Waals surface area contributed by atoms with Gasteiger partial charge in [-0.2, -0.15) is 0 Å². The Morgan fingerprint density at radius 3 is 2.68 bits per heavy atom. The molecule has 2 aromatic heterocycles. The number of carbonyl (C=O) groups excluding carboxylic acids is 1. The second-order valence-electron chi connectivity index (χ2n) is 7.82. The Morgan fingerprint density at radius 1 is 1.16 bits per heavy atom. The highest BCUT2D eigenvalue weighted by atomic mass is 19.1.